The van der Waals surface area contributed by atoms with Gasteiger partial charge in [0.05, 0.1) is 28.6 Å². The summed E-state index contributed by atoms with van der Waals surface area (Å²) in [6.07, 6.45) is 2.93. The van der Waals surface area contributed by atoms with Gasteiger partial charge in [-0.25, -0.2) is 27.8 Å². The van der Waals surface area contributed by atoms with Crippen molar-refractivity contribution >= 4 is 23.5 Å². The predicted molar refractivity (Wildman–Crippen MR) is 140 cm³/mol. The van der Waals surface area contributed by atoms with Gasteiger partial charge in [-0.15, -0.1) is 0 Å². The Morgan fingerprint density at radius 1 is 1.17 bits per heavy atom. The van der Waals surface area contributed by atoms with E-state index in [9.17, 15) is 18.0 Å². The van der Waals surface area contributed by atoms with Crippen molar-refractivity contribution < 1.29 is 27.4 Å². The SMILES string of the molecule is Cc1nonc1C(c1nc2nc(C3CC(C)CCN3C(=O)C34CC3(F)C4)ccc2[nH]1)C1CCC(F)(F)CC1.NC=O. The van der Waals surface area contributed by atoms with Gasteiger partial charge in [0.1, 0.15) is 22.9 Å². The third kappa shape index (κ3) is 4.76. The summed E-state index contributed by atoms with van der Waals surface area (Å²) < 4.78 is 47.3. The molecule has 7 rings (SSSR count). The molecule has 0 aromatic carbocycles. The Hall–Kier alpha value is -3.51. The molecule has 1 aliphatic heterocycles. The summed E-state index contributed by atoms with van der Waals surface area (Å²) in [6, 6.07) is 3.59. The van der Waals surface area contributed by atoms with E-state index in [0.717, 1.165) is 24.1 Å². The molecule has 0 radical (unpaired) electrons. The number of amides is 2. The van der Waals surface area contributed by atoms with Crippen molar-refractivity contribution in [3.63, 3.8) is 0 Å². The molecule has 3 aliphatic carbocycles. The molecule has 10 nitrogen and oxygen atoms in total. The lowest BCUT2D eigenvalue weighted by atomic mass is 9.76. The summed E-state index contributed by atoms with van der Waals surface area (Å²) in [7, 11) is 0. The maximum atomic E-state index is 14.4. The van der Waals surface area contributed by atoms with Crippen LogP contribution >= 0.6 is 0 Å². The van der Waals surface area contributed by atoms with Crippen molar-refractivity contribution in [2.24, 2.45) is 23.0 Å². The number of hydrogen-bond donors (Lipinski definition) is 2. The molecule has 3 saturated carbocycles. The molecule has 3 aromatic rings. The van der Waals surface area contributed by atoms with Crippen molar-refractivity contribution in [1.29, 1.82) is 0 Å². The summed E-state index contributed by atoms with van der Waals surface area (Å²) in [5.41, 5.74) is 5.26. The number of aromatic amines is 1. The van der Waals surface area contributed by atoms with E-state index in [0.29, 0.717) is 61.0 Å². The lowest BCUT2D eigenvalue weighted by Gasteiger charge is -2.39. The number of pyridine rings is 1. The number of halogens is 3. The Morgan fingerprint density at radius 3 is 2.46 bits per heavy atom. The minimum Gasteiger partial charge on any atom is -0.372 e. The van der Waals surface area contributed by atoms with E-state index in [1.165, 1.54) is 0 Å². The number of imidazole rings is 1. The van der Waals surface area contributed by atoms with Crippen LogP contribution in [0.3, 0.4) is 0 Å². The number of carbonyl (C=O) groups excluding carboxylic acids is 2. The zero-order chi connectivity index (χ0) is 29.2. The number of likely N-dealkylation sites (tertiary alicyclic amines) is 1. The highest BCUT2D eigenvalue weighted by Gasteiger charge is 2.90. The van der Waals surface area contributed by atoms with Gasteiger partial charge < -0.3 is 15.6 Å². The maximum absolute atomic E-state index is 14.4. The van der Waals surface area contributed by atoms with Crippen LogP contribution < -0.4 is 5.73 Å². The molecule has 1 saturated heterocycles. The van der Waals surface area contributed by atoms with Crippen molar-refractivity contribution in [3.05, 3.63) is 35.0 Å². The molecule has 3 atom stereocenters. The first-order valence-electron chi connectivity index (χ1n) is 14.2. The van der Waals surface area contributed by atoms with Crippen molar-refractivity contribution in [2.45, 2.75) is 88.8 Å². The normalized spacial score (nSPS) is 31.1. The fourth-order valence-electron chi connectivity index (χ4n) is 6.85. The minimum atomic E-state index is -2.65. The summed E-state index contributed by atoms with van der Waals surface area (Å²) >= 11 is 0. The highest BCUT2D eigenvalue weighted by molar-refractivity contribution is 5.93. The van der Waals surface area contributed by atoms with Crippen LogP contribution in [0.4, 0.5) is 13.2 Å². The second-order valence-corrected chi connectivity index (χ2v) is 12.3. The van der Waals surface area contributed by atoms with Crippen LogP contribution in [0.5, 0.6) is 0 Å². The number of hydrogen-bond acceptors (Lipinski definition) is 7. The number of rotatable bonds is 5. The van der Waals surface area contributed by atoms with Crippen LogP contribution in [0, 0.1) is 24.2 Å². The second kappa shape index (κ2) is 9.80. The van der Waals surface area contributed by atoms with E-state index in [1.54, 1.807) is 6.92 Å². The Bertz CT molecular complexity index is 1460. The molecule has 3 aromatic heterocycles. The van der Waals surface area contributed by atoms with Gasteiger partial charge in [-0.2, -0.15) is 0 Å². The van der Waals surface area contributed by atoms with Crippen LogP contribution in [-0.2, 0) is 9.59 Å². The van der Waals surface area contributed by atoms with Crippen molar-refractivity contribution in [2.75, 3.05) is 6.54 Å². The van der Waals surface area contributed by atoms with Crippen LogP contribution in [0.2, 0.25) is 0 Å². The zero-order valence-corrected chi connectivity index (χ0v) is 23.1. The van der Waals surface area contributed by atoms with Crippen molar-refractivity contribution in [3.8, 4) is 0 Å². The van der Waals surface area contributed by atoms with Crippen LogP contribution in [0.15, 0.2) is 16.8 Å². The first-order chi connectivity index (χ1) is 19.5. The largest absolute Gasteiger partial charge is 0.372 e. The lowest BCUT2D eigenvalue weighted by molar-refractivity contribution is -0.139. The van der Waals surface area contributed by atoms with E-state index >= 15 is 0 Å². The molecule has 4 heterocycles. The Morgan fingerprint density at radius 2 is 1.85 bits per heavy atom. The van der Waals surface area contributed by atoms with Crippen LogP contribution in [0.1, 0.15) is 93.2 Å². The number of piperidine rings is 1. The van der Waals surface area contributed by atoms with E-state index in [1.807, 2.05) is 17.0 Å². The predicted octanol–water partition coefficient (Wildman–Crippen LogP) is 4.51. The summed E-state index contributed by atoms with van der Waals surface area (Å²) in [4.78, 5) is 36.8. The first-order valence-corrected chi connectivity index (χ1v) is 14.2. The number of nitrogens with zero attached hydrogens (tertiary/aromatic N) is 5. The van der Waals surface area contributed by atoms with E-state index in [4.69, 9.17) is 19.4 Å². The first kappa shape index (κ1) is 27.6. The van der Waals surface area contributed by atoms with Gasteiger partial charge in [-0.05, 0) is 56.6 Å². The molecule has 0 spiro atoms. The number of alkyl halides is 3. The number of primary amides is 1. The summed E-state index contributed by atoms with van der Waals surface area (Å²) in [5.74, 6) is -2.18. The molecule has 4 fully saturated rings. The number of fused-ring (bicyclic) bond motifs is 2. The van der Waals surface area contributed by atoms with Crippen LogP contribution in [-0.4, -0.2) is 60.6 Å². The molecule has 13 heteroatoms. The van der Waals surface area contributed by atoms with E-state index < -0.39 is 17.0 Å². The van der Waals surface area contributed by atoms with Gasteiger partial charge >= 0.3 is 0 Å². The molecular weight excluding hydrogens is 539 g/mol. The number of H-pyrrole nitrogens is 1. The molecule has 0 bridgehead atoms. The number of aryl methyl sites for hydroxylation is 1. The highest BCUT2D eigenvalue weighted by atomic mass is 19.3. The van der Waals surface area contributed by atoms with Gasteiger partial charge in [-0.1, -0.05) is 17.2 Å². The topological polar surface area (TPSA) is 144 Å². The number of nitrogens with one attached hydrogen (secondary N) is 1. The summed E-state index contributed by atoms with van der Waals surface area (Å²) in [5, 5.41) is 8.04. The average molecular weight is 574 g/mol. The molecule has 2 amide bonds. The molecule has 3 unspecified atom stereocenters. The van der Waals surface area contributed by atoms with Gasteiger partial charge in [0.2, 0.25) is 18.2 Å². The lowest BCUT2D eigenvalue weighted by Crippen LogP contribution is -2.43. The third-order valence-corrected chi connectivity index (χ3v) is 9.54. The van der Waals surface area contributed by atoms with Crippen molar-refractivity contribution in [1.82, 2.24) is 30.2 Å². The zero-order valence-electron chi connectivity index (χ0n) is 23.1. The van der Waals surface area contributed by atoms with Gasteiger partial charge in [0, 0.05) is 32.2 Å². The number of aromatic nitrogens is 5. The standard InChI is InChI=1S/C27H31F3N6O2.CH3NO/c1-14-7-10-36(24(37)25-12-26(25,28)13-25)19(11-14)17-3-4-18-22(31-17)33-23(32-18)20(21-15(2)34-38-35-21)16-5-8-27(29,30)9-6-16;2-1-3/h3-4,14,16,19-20H,5-13H2,1-2H3,(H,31,32,33);1H,(H2,2,3). The average Bonchev–Trinajstić information content (AvgIpc) is 3.47. The van der Waals surface area contributed by atoms with Gasteiger partial charge in [0.15, 0.2) is 5.65 Å². The highest BCUT2D eigenvalue weighted by Crippen LogP contribution is 2.82. The number of nitrogens with two attached hydrogens (primary N) is 1. The fraction of sp³-hybridized carbons (Fsp3) is 0.643. The second-order valence-electron chi connectivity index (χ2n) is 12.3. The smallest absolute Gasteiger partial charge is 0.248 e. The number of carbonyl (C=O) groups is 2. The quantitative estimate of drug-likeness (QED) is 0.428. The monoisotopic (exact) mass is 573 g/mol. The fourth-order valence-corrected chi connectivity index (χ4v) is 6.85. The Kier molecular flexibility index (Phi) is 6.61. The maximum Gasteiger partial charge on any atom is 0.248 e. The third-order valence-electron chi connectivity index (χ3n) is 9.54. The molecule has 41 heavy (non-hydrogen) atoms. The Balaban J connectivity index is 0.000000967. The van der Waals surface area contributed by atoms with E-state index in [-0.39, 0.29) is 43.0 Å². The minimum absolute atomic E-state index is 0.0790. The molecule has 3 N–H and O–H groups in total. The van der Waals surface area contributed by atoms with E-state index in [2.05, 4.69) is 28.0 Å². The molecule has 220 valence electrons. The Labute approximate surface area is 234 Å². The van der Waals surface area contributed by atoms with Gasteiger partial charge in [-0.3, -0.25) is 9.59 Å². The molecular formula is C28H34F3N7O3. The molecule has 4 aliphatic rings. The van der Waals surface area contributed by atoms with Gasteiger partial charge in [0.25, 0.3) is 0 Å². The summed E-state index contributed by atoms with van der Waals surface area (Å²) in [6.45, 7) is 4.55. The van der Waals surface area contributed by atoms with Crippen LogP contribution in [0.25, 0.3) is 11.2 Å².